The van der Waals surface area contributed by atoms with Gasteiger partial charge in [-0.3, -0.25) is 0 Å². The van der Waals surface area contributed by atoms with Crippen molar-refractivity contribution in [2.24, 2.45) is 17.8 Å². The van der Waals surface area contributed by atoms with Crippen LogP contribution in [-0.4, -0.2) is 10.6 Å². The highest BCUT2D eigenvalue weighted by atomic mass is 32.2. The second-order valence-electron chi connectivity index (χ2n) is 19.2. The molecular weight excluding hydrogens is 797 g/mol. The zero-order valence-corrected chi connectivity index (χ0v) is 37.6. The number of fused-ring (bicyclic) bond motifs is 9. The number of benzene rings is 2. The Morgan fingerprint density at radius 2 is 1.53 bits per heavy atom. The summed E-state index contributed by atoms with van der Waals surface area (Å²) >= 11 is 2.06. The molecular formula is C60H56N2OS. The number of rotatable bonds is 7. The molecule has 4 atom stereocenters. The molecule has 4 unspecified atom stereocenters. The molecule has 3 heterocycles. The highest BCUT2D eigenvalue weighted by Gasteiger charge is 2.37. The summed E-state index contributed by atoms with van der Waals surface area (Å²) < 4.78 is 9.79. The fraction of sp³-hybridized carbons (Fsp3) is 0.300. The lowest BCUT2D eigenvalue weighted by Crippen LogP contribution is -2.34. The number of allylic oxidation sites excluding steroid dienone is 18. The summed E-state index contributed by atoms with van der Waals surface area (Å²) in [6.07, 6.45) is 52.1. The Bertz CT molecular complexity index is 2920. The molecule has 9 aliphatic rings. The van der Waals surface area contributed by atoms with Crippen LogP contribution in [0.3, 0.4) is 0 Å². The molecule has 0 bridgehead atoms. The highest BCUT2D eigenvalue weighted by Crippen LogP contribution is 2.55. The number of anilines is 1. The van der Waals surface area contributed by atoms with E-state index in [0.29, 0.717) is 11.8 Å². The number of furan rings is 1. The van der Waals surface area contributed by atoms with Crippen LogP contribution in [0, 0.1) is 17.8 Å². The molecule has 2 aromatic heterocycles. The summed E-state index contributed by atoms with van der Waals surface area (Å²) in [5, 5.41) is 0. The van der Waals surface area contributed by atoms with Gasteiger partial charge in [0.1, 0.15) is 11.5 Å². The predicted molar refractivity (Wildman–Crippen MR) is 268 cm³/mol. The number of nitrogens with zero attached hydrogens (tertiary/aromatic N) is 2. The van der Waals surface area contributed by atoms with E-state index in [9.17, 15) is 0 Å². The van der Waals surface area contributed by atoms with E-state index in [0.717, 1.165) is 69.3 Å². The molecule has 64 heavy (non-hydrogen) atoms. The Kier molecular flexibility index (Phi) is 9.72. The standard InChI is InChI=1S/C60H56N2OS/c1-3-13-39(14-4-1)40-25-31-44(32-26-40)61(46-35-29-42(30-36-46)48-20-12-22-52-49-17-8-10-24-56(49)64-60(48)52)45-33-27-41(28-34-45)47-19-11-21-50-51-37-38-55-57(59(51)63-58(47)50)53-18-7-9-23-54(53)62(55)43-15-5-2-6-16-43/h2-3,5-8,12-13,15-20,25-27,29-31,33-36,39,41,44,52H,1,4,9-11,14,21-24,28,32,37-38H2. The Hall–Kier alpha value is -5.71. The van der Waals surface area contributed by atoms with E-state index in [2.05, 4.69) is 167 Å². The highest BCUT2D eigenvalue weighted by molar-refractivity contribution is 8.07. The van der Waals surface area contributed by atoms with Crippen LogP contribution in [0.2, 0.25) is 0 Å². The minimum atomic E-state index is 0.248. The molecule has 0 N–H and O–H groups in total. The van der Waals surface area contributed by atoms with Crippen molar-refractivity contribution in [3.05, 3.63) is 206 Å². The first kappa shape index (κ1) is 38.7. The molecule has 0 amide bonds. The van der Waals surface area contributed by atoms with Gasteiger partial charge in [-0.2, -0.15) is 0 Å². The summed E-state index contributed by atoms with van der Waals surface area (Å²) in [6, 6.07) is 20.8. The first-order valence-electron chi connectivity index (χ1n) is 24.4. The second kappa shape index (κ2) is 16.1. The van der Waals surface area contributed by atoms with Gasteiger partial charge >= 0.3 is 0 Å². The first-order chi connectivity index (χ1) is 31.7. The Morgan fingerprint density at radius 3 is 2.38 bits per heavy atom. The Morgan fingerprint density at radius 1 is 0.641 bits per heavy atom. The molecule has 13 rings (SSSR count). The van der Waals surface area contributed by atoms with E-state index in [1.807, 2.05) is 0 Å². The summed E-state index contributed by atoms with van der Waals surface area (Å²) in [5.74, 6) is 3.64. The Labute approximate surface area is 383 Å². The van der Waals surface area contributed by atoms with Crippen LogP contribution >= 0.6 is 11.8 Å². The van der Waals surface area contributed by atoms with Crippen molar-refractivity contribution in [2.45, 2.75) is 95.9 Å². The minimum absolute atomic E-state index is 0.248. The lowest BCUT2D eigenvalue weighted by Gasteiger charge is -2.36. The molecule has 8 aliphatic carbocycles. The van der Waals surface area contributed by atoms with Gasteiger partial charge in [-0.05, 0) is 153 Å². The van der Waals surface area contributed by atoms with Crippen LogP contribution in [0.5, 0.6) is 0 Å². The molecule has 2 aromatic carbocycles. The van der Waals surface area contributed by atoms with E-state index in [1.165, 1.54) is 105 Å². The molecule has 1 aliphatic heterocycles. The molecule has 0 fully saturated rings. The maximum absolute atomic E-state index is 7.23. The third-order valence-corrected chi connectivity index (χ3v) is 17.0. The zero-order chi connectivity index (χ0) is 42.1. The lowest BCUT2D eigenvalue weighted by molar-refractivity contribution is 0.546. The normalized spacial score (nSPS) is 25.0. The number of para-hydroxylation sites is 1. The fourth-order valence-corrected chi connectivity index (χ4v) is 14.0. The second-order valence-corrected chi connectivity index (χ2v) is 20.3. The largest absolute Gasteiger partial charge is 0.456 e. The van der Waals surface area contributed by atoms with Gasteiger partial charge in [0.15, 0.2) is 0 Å². The maximum Gasteiger partial charge on any atom is 0.140 e. The van der Waals surface area contributed by atoms with Crippen LogP contribution in [0.1, 0.15) is 104 Å². The molecule has 4 heteroatoms. The van der Waals surface area contributed by atoms with Gasteiger partial charge in [0.25, 0.3) is 0 Å². The lowest BCUT2D eigenvalue weighted by atomic mass is 9.81. The van der Waals surface area contributed by atoms with Gasteiger partial charge in [-0.1, -0.05) is 127 Å². The van der Waals surface area contributed by atoms with Gasteiger partial charge in [-0.25, -0.2) is 0 Å². The third kappa shape index (κ3) is 6.45. The van der Waals surface area contributed by atoms with E-state index in [4.69, 9.17) is 4.42 Å². The molecule has 318 valence electrons. The fourth-order valence-electron chi connectivity index (χ4n) is 12.5. The molecule has 3 nitrogen and oxygen atoms in total. The smallest absolute Gasteiger partial charge is 0.140 e. The van der Waals surface area contributed by atoms with Crippen molar-refractivity contribution in [1.82, 2.24) is 4.57 Å². The van der Waals surface area contributed by atoms with Crippen LogP contribution < -0.4 is 4.90 Å². The van der Waals surface area contributed by atoms with E-state index in [-0.39, 0.29) is 12.0 Å². The van der Waals surface area contributed by atoms with Crippen molar-refractivity contribution < 1.29 is 4.42 Å². The van der Waals surface area contributed by atoms with E-state index >= 15 is 0 Å². The average molecular weight is 853 g/mol. The van der Waals surface area contributed by atoms with Crippen LogP contribution in [0.25, 0.3) is 34.2 Å². The summed E-state index contributed by atoms with van der Waals surface area (Å²) in [7, 11) is 0. The number of thioether (sulfide) groups is 1. The maximum atomic E-state index is 7.23. The van der Waals surface area contributed by atoms with Crippen molar-refractivity contribution in [2.75, 3.05) is 4.90 Å². The predicted octanol–water partition coefficient (Wildman–Crippen LogP) is 15.3. The zero-order valence-electron chi connectivity index (χ0n) is 36.8. The topological polar surface area (TPSA) is 21.3 Å². The van der Waals surface area contributed by atoms with Crippen molar-refractivity contribution >= 4 is 34.7 Å². The summed E-state index contributed by atoms with van der Waals surface area (Å²) in [5.41, 5.74) is 19.5. The van der Waals surface area contributed by atoms with Crippen LogP contribution in [0.4, 0.5) is 5.69 Å². The monoisotopic (exact) mass is 852 g/mol. The van der Waals surface area contributed by atoms with Crippen LogP contribution in [0.15, 0.2) is 171 Å². The van der Waals surface area contributed by atoms with Gasteiger partial charge < -0.3 is 13.9 Å². The number of hydrogen-bond donors (Lipinski definition) is 0. The number of aromatic nitrogens is 1. The molecule has 0 spiro atoms. The first-order valence-corrected chi connectivity index (χ1v) is 25.2. The third-order valence-electron chi connectivity index (χ3n) is 15.6. The molecule has 0 radical (unpaired) electrons. The minimum Gasteiger partial charge on any atom is -0.456 e. The van der Waals surface area contributed by atoms with Gasteiger partial charge in [0.05, 0.1) is 6.04 Å². The van der Waals surface area contributed by atoms with E-state index in [1.54, 1.807) is 15.4 Å². The molecule has 0 saturated carbocycles. The number of hydrogen-bond acceptors (Lipinski definition) is 3. The quantitative estimate of drug-likeness (QED) is 0.173. The van der Waals surface area contributed by atoms with Crippen LogP contribution in [-0.2, 0) is 25.7 Å². The van der Waals surface area contributed by atoms with Crippen molar-refractivity contribution in [1.29, 1.82) is 0 Å². The van der Waals surface area contributed by atoms with E-state index < -0.39 is 0 Å². The summed E-state index contributed by atoms with van der Waals surface area (Å²) in [6.45, 7) is 0. The van der Waals surface area contributed by atoms with Gasteiger partial charge in [-0.15, -0.1) is 0 Å². The average Bonchev–Trinajstić information content (AvgIpc) is 4.05. The van der Waals surface area contributed by atoms with Crippen molar-refractivity contribution in [3.63, 3.8) is 0 Å². The Balaban J connectivity index is 0.811. The van der Waals surface area contributed by atoms with Gasteiger partial charge in [0, 0.05) is 73.4 Å². The van der Waals surface area contributed by atoms with Gasteiger partial charge in [0.2, 0.25) is 0 Å². The SMILES string of the molecule is C1=CC(C2=CCC(N(C3=CCC(C4=CCCc5c4oc4c5CCc5c-4c4c(n5-c5ccccc5)CCC=C4)C=C3)c3ccc(C4=C5SC6=C(C=CCC6)C5CC=C4)cc3)C=C2)CCC1. The van der Waals surface area contributed by atoms with Crippen molar-refractivity contribution in [3.8, 4) is 17.0 Å². The molecule has 4 aromatic rings. The molecule has 0 saturated heterocycles. The summed E-state index contributed by atoms with van der Waals surface area (Å²) in [4.78, 5) is 5.76.